The fourth-order valence-corrected chi connectivity index (χ4v) is 7.51. The standard InChI is InChI=1S/C49H33N3O/c1-4-14-32(15-5-1)39-30-43(46-41-22-12-13-23-44(41)53-45(46)31-39)49-51-47(35-19-8-3-9-20-35)50-48(52-49)38-26-27-40(34-17-6-2-7-18-34)42(29-38)37-25-24-33-16-10-11-21-36(33)28-37/h1-31,48H,(H,50,51,52). The minimum absolute atomic E-state index is 0.407. The number of nitrogens with zero attached hydrogens (tertiary/aromatic N) is 2. The Morgan fingerprint density at radius 1 is 0.434 bits per heavy atom. The molecule has 2 heterocycles. The summed E-state index contributed by atoms with van der Waals surface area (Å²) < 4.78 is 6.51. The van der Waals surface area contributed by atoms with E-state index in [1.54, 1.807) is 0 Å². The molecule has 1 aliphatic rings. The van der Waals surface area contributed by atoms with Gasteiger partial charge in [0.05, 0.1) is 0 Å². The Hall–Kier alpha value is -7.04. The van der Waals surface area contributed by atoms with Crippen LogP contribution in [0.2, 0.25) is 0 Å². The average Bonchev–Trinajstić information content (AvgIpc) is 3.62. The lowest BCUT2D eigenvalue weighted by Gasteiger charge is -2.25. The zero-order valence-electron chi connectivity index (χ0n) is 28.8. The molecule has 0 bridgehead atoms. The molecule has 1 unspecified atom stereocenters. The van der Waals surface area contributed by atoms with Crippen molar-refractivity contribution < 1.29 is 4.42 Å². The zero-order valence-corrected chi connectivity index (χ0v) is 28.8. The summed E-state index contributed by atoms with van der Waals surface area (Å²) in [4.78, 5) is 10.6. The predicted octanol–water partition coefficient (Wildman–Crippen LogP) is 12.2. The van der Waals surface area contributed by atoms with Crippen LogP contribution in [0.15, 0.2) is 202 Å². The molecule has 4 heteroatoms. The van der Waals surface area contributed by atoms with Gasteiger partial charge in [0.1, 0.15) is 23.2 Å². The highest BCUT2D eigenvalue weighted by molar-refractivity contribution is 6.22. The number of aliphatic imine (C=N–C) groups is 2. The molecule has 1 aromatic heterocycles. The van der Waals surface area contributed by atoms with Gasteiger partial charge in [-0.3, -0.25) is 0 Å². The third kappa shape index (κ3) is 5.67. The molecule has 0 saturated heterocycles. The van der Waals surface area contributed by atoms with Gasteiger partial charge in [-0.1, -0.05) is 158 Å². The lowest BCUT2D eigenvalue weighted by molar-refractivity contribution is 0.668. The van der Waals surface area contributed by atoms with E-state index in [2.05, 4.69) is 157 Å². The molecule has 250 valence electrons. The summed E-state index contributed by atoms with van der Waals surface area (Å²) in [6.45, 7) is 0. The minimum Gasteiger partial charge on any atom is -0.456 e. The molecule has 0 saturated carbocycles. The zero-order chi connectivity index (χ0) is 35.1. The van der Waals surface area contributed by atoms with Crippen LogP contribution in [0.4, 0.5) is 0 Å². The van der Waals surface area contributed by atoms with E-state index in [-0.39, 0.29) is 0 Å². The van der Waals surface area contributed by atoms with Crippen molar-refractivity contribution in [2.45, 2.75) is 6.17 Å². The second-order valence-electron chi connectivity index (χ2n) is 13.4. The third-order valence-corrected chi connectivity index (χ3v) is 10.1. The fourth-order valence-electron chi connectivity index (χ4n) is 7.51. The lowest BCUT2D eigenvalue weighted by atomic mass is 9.91. The first kappa shape index (κ1) is 30.8. The minimum atomic E-state index is -0.407. The second-order valence-corrected chi connectivity index (χ2v) is 13.4. The summed E-state index contributed by atoms with van der Waals surface area (Å²) in [6, 6.07) is 65.9. The van der Waals surface area contributed by atoms with Crippen molar-refractivity contribution in [1.82, 2.24) is 5.32 Å². The number of rotatable bonds is 6. The van der Waals surface area contributed by atoms with E-state index in [4.69, 9.17) is 14.4 Å². The molecule has 10 rings (SSSR count). The van der Waals surface area contributed by atoms with Gasteiger partial charge in [-0.05, 0) is 80.0 Å². The van der Waals surface area contributed by atoms with E-state index in [1.807, 2.05) is 36.4 Å². The summed E-state index contributed by atoms with van der Waals surface area (Å²) in [5.74, 6) is 1.42. The van der Waals surface area contributed by atoms with Crippen LogP contribution in [0, 0.1) is 0 Å². The number of nitrogens with one attached hydrogen (secondary N) is 1. The smallest absolute Gasteiger partial charge is 0.159 e. The topological polar surface area (TPSA) is 49.9 Å². The van der Waals surface area contributed by atoms with Gasteiger partial charge < -0.3 is 9.73 Å². The van der Waals surface area contributed by atoms with Gasteiger partial charge in [0.15, 0.2) is 5.84 Å². The Labute approximate surface area is 307 Å². The molecule has 53 heavy (non-hydrogen) atoms. The summed E-state index contributed by atoms with van der Waals surface area (Å²) in [5.41, 5.74) is 11.4. The third-order valence-electron chi connectivity index (χ3n) is 10.1. The van der Waals surface area contributed by atoms with Crippen molar-refractivity contribution in [1.29, 1.82) is 0 Å². The lowest BCUT2D eigenvalue weighted by Crippen LogP contribution is -2.33. The van der Waals surface area contributed by atoms with E-state index in [0.29, 0.717) is 5.84 Å². The SMILES string of the molecule is c1ccc(C2=NC(c3ccc(-c4ccccc4)c(-c4ccc5ccccc5c4)c3)NC(c3cc(-c4ccccc4)cc4oc5ccccc5c34)=N2)cc1. The first-order valence-corrected chi connectivity index (χ1v) is 17.9. The largest absolute Gasteiger partial charge is 0.456 e. The van der Waals surface area contributed by atoms with Crippen LogP contribution in [-0.2, 0) is 0 Å². The van der Waals surface area contributed by atoms with Crippen LogP contribution >= 0.6 is 0 Å². The number of para-hydroxylation sites is 1. The van der Waals surface area contributed by atoms with Gasteiger partial charge in [0.25, 0.3) is 0 Å². The van der Waals surface area contributed by atoms with Gasteiger partial charge >= 0.3 is 0 Å². The van der Waals surface area contributed by atoms with Gasteiger partial charge in [0, 0.05) is 21.9 Å². The second kappa shape index (κ2) is 12.9. The van der Waals surface area contributed by atoms with E-state index in [0.717, 1.165) is 66.7 Å². The highest BCUT2D eigenvalue weighted by Crippen LogP contribution is 2.39. The summed E-state index contributed by atoms with van der Waals surface area (Å²) >= 11 is 0. The molecule has 8 aromatic carbocycles. The van der Waals surface area contributed by atoms with Gasteiger partial charge in [0.2, 0.25) is 0 Å². The molecule has 4 nitrogen and oxygen atoms in total. The van der Waals surface area contributed by atoms with Crippen LogP contribution < -0.4 is 5.32 Å². The molecule has 0 spiro atoms. The maximum atomic E-state index is 6.51. The average molecular weight is 680 g/mol. The number of hydrogen-bond donors (Lipinski definition) is 1. The summed E-state index contributed by atoms with van der Waals surface area (Å²) in [6.07, 6.45) is -0.407. The molecule has 1 aliphatic heterocycles. The molecule has 0 amide bonds. The van der Waals surface area contributed by atoms with Crippen molar-refractivity contribution in [3.63, 3.8) is 0 Å². The summed E-state index contributed by atoms with van der Waals surface area (Å²) in [7, 11) is 0. The van der Waals surface area contributed by atoms with E-state index >= 15 is 0 Å². The quantitative estimate of drug-likeness (QED) is 0.190. The van der Waals surface area contributed by atoms with Gasteiger partial charge in [-0.2, -0.15) is 0 Å². The van der Waals surface area contributed by atoms with Crippen molar-refractivity contribution in [3.8, 4) is 33.4 Å². The highest BCUT2D eigenvalue weighted by atomic mass is 16.3. The van der Waals surface area contributed by atoms with Crippen molar-refractivity contribution in [2.75, 3.05) is 0 Å². The molecular weight excluding hydrogens is 647 g/mol. The van der Waals surface area contributed by atoms with Crippen molar-refractivity contribution in [3.05, 3.63) is 205 Å². The van der Waals surface area contributed by atoms with Crippen molar-refractivity contribution in [2.24, 2.45) is 9.98 Å². The first-order valence-electron chi connectivity index (χ1n) is 17.9. The number of hydrogen-bond acceptors (Lipinski definition) is 4. The van der Waals surface area contributed by atoms with Crippen LogP contribution in [0.25, 0.3) is 66.1 Å². The molecule has 0 aliphatic carbocycles. The van der Waals surface area contributed by atoms with E-state index in [9.17, 15) is 0 Å². The van der Waals surface area contributed by atoms with Gasteiger partial charge in [-0.25, -0.2) is 9.98 Å². The van der Waals surface area contributed by atoms with E-state index in [1.165, 1.54) is 21.9 Å². The monoisotopic (exact) mass is 679 g/mol. The molecule has 0 radical (unpaired) electrons. The fraction of sp³-hybridized carbons (Fsp3) is 0.0204. The number of amidine groups is 2. The Morgan fingerprint density at radius 3 is 1.91 bits per heavy atom. The number of fused-ring (bicyclic) bond motifs is 4. The van der Waals surface area contributed by atoms with Crippen molar-refractivity contribution >= 4 is 44.4 Å². The maximum absolute atomic E-state index is 6.51. The van der Waals surface area contributed by atoms with Crippen LogP contribution in [0.1, 0.15) is 22.9 Å². The first-order chi connectivity index (χ1) is 26.2. The van der Waals surface area contributed by atoms with Gasteiger partial charge in [-0.15, -0.1) is 0 Å². The molecule has 9 aromatic rings. The number of furan rings is 1. The normalized spacial score (nSPS) is 14.2. The molecule has 0 fully saturated rings. The van der Waals surface area contributed by atoms with Crippen LogP contribution in [0.3, 0.4) is 0 Å². The van der Waals surface area contributed by atoms with Crippen LogP contribution in [-0.4, -0.2) is 11.7 Å². The summed E-state index contributed by atoms with van der Waals surface area (Å²) in [5, 5.41) is 8.30. The molecule has 1 N–H and O–H groups in total. The van der Waals surface area contributed by atoms with E-state index < -0.39 is 6.17 Å². The Morgan fingerprint density at radius 2 is 1.11 bits per heavy atom. The maximum Gasteiger partial charge on any atom is 0.159 e. The highest BCUT2D eigenvalue weighted by Gasteiger charge is 2.25. The Bertz CT molecular complexity index is 2850. The Kier molecular flexibility index (Phi) is 7.51. The molecule has 1 atom stereocenters. The molecular formula is C49H33N3O. The van der Waals surface area contributed by atoms with Crippen LogP contribution in [0.5, 0.6) is 0 Å². The Balaban J connectivity index is 1.17. The predicted molar refractivity (Wildman–Crippen MR) is 219 cm³/mol. The number of benzene rings is 8.